The molecular formula is C16H26N2O. The predicted molar refractivity (Wildman–Crippen MR) is 77.9 cm³/mol. The minimum Gasteiger partial charge on any atom is -0.385 e. The van der Waals surface area contributed by atoms with E-state index in [-0.39, 0.29) is 0 Å². The van der Waals surface area contributed by atoms with Gasteiger partial charge in [0.2, 0.25) is 0 Å². The Balaban J connectivity index is 2.28. The highest BCUT2D eigenvalue weighted by Gasteiger charge is 2.38. The zero-order valence-corrected chi connectivity index (χ0v) is 12.2. The van der Waals surface area contributed by atoms with E-state index in [0.29, 0.717) is 5.92 Å². The van der Waals surface area contributed by atoms with Crippen molar-refractivity contribution in [3.05, 3.63) is 30.1 Å². The Morgan fingerprint density at radius 2 is 2.11 bits per heavy atom. The molecule has 1 aromatic rings. The molecule has 1 aliphatic rings. The third kappa shape index (κ3) is 3.54. The lowest BCUT2D eigenvalue weighted by Crippen LogP contribution is -2.41. The van der Waals surface area contributed by atoms with Crippen molar-refractivity contribution in [1.82, 2.24) is 9.88 Å². The molecule has 0 spiro atoms. The number of aromatic nitrogens is 1. The summed E-state index contributed by atoms with van der Waals surface area (Å²) in [5, 5.41) is 11.3. The largest absolute Gasteiger partial charge is 0.385 e. The molecule has 106 valence electrons. The normalized spacial score (nSPS) is 28.9. The minimum atomic E-state index is -0.709. The van der Waals surface area contributed by atoms with Gasteiger partial charge in [0.25, 0.3) is 0 Å². The summed E-state index contributed by atoms with van der Waals surface area (Å²) < 4.78 is 0. The fraction of sp³-hybridized carbons (Fsp3) is 0.688. The average Bonchev–Trinajstić information content (AvgIpc) is 2.39. The summed E-state index contributed by atoms with van der Waals surface area (Å²) in [5.74, 6) is 0.298. The summed E-state index contributed by atoms with van der Waals surface area (Å²) in [4.78, 5) is 6.39. The van der Waals surface area contributed by atoms with Gasteiger partial charge in [0.1, 0.15) is 0 Å². The van der Waals surface area contributed by atoms with E-state index in [9.17, 15) is 5.11 Å². The van der Waals surface area contributed by atoms with Gasteiger partial charge in [-0.2, -0.15) is 0 Å². The van der Waals surface area contributed by atoms with Crippen molar-refractivity contribution in [3.63, 3.8) is 0 Å². The van der Waals surface area contributed by atoms with E-state index in [1.807, 2.05) is 18.3 Å². The molecule has 2 atom stereocenters. The van der Waals surface area contributed by atoms with Gasteiger partial charge in [-0.25, -0.2) is 0 Å². The van der Waals surface area contributed by atoms with Crippen LogP contribution in [0.25, 0.3) is 0 Å². The van der Waals surface area contributed by atoms with Crippen LogP contribution in [0.4, 0.5) is 0 Å². The van der Waals surface area contributed by atoms with E-state index >= 15 is 0 Å². The van der Waals surface area contributed by atoms with Crippen LogP contribution in [0.1, 0.15) is 44.1 Å². The Morgan fingerprint density at radius 3 is 2.79 bits per heavy atom. The molecule has 1 N–H and O–H groups in total. The maximum absolute atomic E-state index is 11.3. The second-order valence-corrected chi connectivity index (χ2v) is 6.08. The van der Waals surface area contributed by atoms with Crippen LogP contribution in [0.2, 0.25) is 0 Å². The van der Waals surface area contributed by atoms with Gasteiger partial charge >= 0.3 is 0 Å². The average molecular weight is 262 g/mol. The highest BCUT2D eigenvalue weighted by atomic mass is 16.3. The van der Waals surface area contributed by atoms with Gasteiger partial charge in [0, 0.05) is 30.4 Å². The zero-order valence-electron chi connectivity index (χ0n) is 12.2. The van der Waals surface area contributed by atoms with E-state index in [1.165, 1.54) is 19.3 Å². The standard InChI is InChI=1S/C16H26N2O/c1-18(2)13-15-8-5-3-4-6-10-16(15,19)14-9-7-11-17-12-14/h7,9,11-12,15,19H,3-6,8,10,13H2,1-2H3. The topological polar surface area (TPSA) is 36.4 Å². The van der Waals surface area contributed by atoms with Crippen molar-refractivity contribution in [2.75, 3.05) is 20.6 Å². The maximum atomic E-state index is 11.3. The molecule has 2 unspecified atom stereocenters. The summed E-state index contributed by atoms with van der Waals surface area (Å²) in [6.07, 6.45) is 10.4. The van der Waals surface area contributed by atoms with Crippen molar-refractivity contribution in [3.8, 4) is 0 Å². The Hall–Kier alpha value is -0.930. The fourth-order valence-corrected chi connectivity index (χ4v) is 3.26. The first-order valence-corrected chi connectivity index (χ1v) is 7.40. The fourth-order valence-electron chi connectivity index (χ4n) is 3.26. The quantitative estimate of drug-likeness (QED) is 0.910. The molecular weight excluding hydrogens is 236 g/mol. The predicted octanol–water partition coefficient (Wildman–Crippen LogP) is 2.80. The van der Waals surface area contributed by atoms with Gasteiger partial charge < -0.3 is 10.0 Å². The number of pyridine rings is 1. The molecule has 0 radical (unpaired) electrons. The second-order valence-electron chi connectivity index (χ2n) is 6.08. The van der Waals surface area contributed by atoms with E-state index in [0.717, 1.165) is 31.4 Å². The molecule has 3 nitrogen and oxygen atoms in total. The van der Waals surface area contributed by atoms with Crippen molar-refractivity contribution in [2.24, 2.45) is 5.92 Å². The zero-order chi connectivity index (χ0) is 13.7. The second kappa shape index (κ2) is 6.49. The lowest BCUT2D eigenvalue weighted by molar-refractivity contribution is -0.0505. The highest BCUT2D eigenvalue weighted by Crippen LogP contribution is 2.39. The lowest BCUT2D eigenvalue weighted by Gasteiger charge is -2.39. The van der Waals surface area contributed by atoms with Crippen LogP contribution < -0.4 is 0 Å². The molecule has 0 aromatic carbocycles. The number of hydrogen-bond acceptors (Lipinski definition) is 3. The molecule has 1 aromatic heterocycles. The van der Waals surface area contributed by atoms with Gasteiger partial charge in [0.05, 0.1) is 5.60 Å². The van der Waals surface area contributed by atoms with Crippen molar-refractivity contribution < 1.29 is 5.11 Å². The van der Waals surface area contributed by atoms with Gasteiger partial charge in [0.15, 0.2) is 0 Å². The van der Waals surface area contributed by atoms with E-state index < -0.39 is 5.60 Å². The molecule has 1 aliphatic carbocycles. The monoisotopic (exact) mass is 262 g/mol. The van der Waals surface area contributed by atoms with Crippen molar-refractivity contribution >= 4 is 0 Å². The Morgan fingerprint density at radius 1 is 1.32 bits per heavy atom. The summed E-state index contributed by atoms with van der Waals surface area (Å²) in [5.41, 5.74) is 0.280. The third-order valence-electron chi connectivity index (χ3n) is 4.28. The highest BCUT2D eigenvalue weighted by molar-refractivity contribution is 5.19. The van der Waals surface area contributed by atoms with Crippen LogP contribution in [-0.4, -0.2) is 35.6 Å². The van der Waals surface area contributed by atoms with Crippen LogP contribution in [0.5, 0.6) is 0 Å². The molecule has 0 bridgehead atoms. The van der Waals surface area contributed by atoms with Crippen LogP contribution in [0.15, 0.2) is 24.5 Å². The SMILES string of the molecule is CN(C)CC1CCCCCCC1(O)c1cccnc1. The summed E-state index contributed by atoms with van der Waals surface area (Å²) in [6, 6.07) is 3.95. The van der Waals surface area contributed by atoms with Gasteiger partial charge in [-0.05, 0) is 33.0 Å². The summed E-state index contributed by atoms with van der Waals surface area (Å²) >= 11 is 0. The number of hydrogen-bond donors (Lipinski definition) is 1. The molecule has 1 fully saturated rings. The minimum absolute atomic E-state index is 0.298. The van der Waals surface area contributed by atoms with Crippen molar-refractivity contribution in [1.29, 1.82) is 0 Å². The smallest absolute Gasteiger partial charge is 0.0951 e. The Kier molecular flexibility index (Phi) is 4.94. The number of nitrogens with zero attached hydrogens (tertiary/aromatic N) is 2. The van der Waals surface area contributed by atoms with Gasteiger partial charge in [-0.3, -0.25) is 4.98 Å². The molecule has 2 rings (SSSR count). The van der Waals surface area contributed by atoms with Gasteiger partial charge in [-0.15, -0.1) is 0 Å². The molecule has 3 heteroatoms. The third-order valence-corrected chi connectivity index (χ3v) is 4.28. The Labute approximate surface area is 116 Å². The van der Waals surface area contributed by atoms with Crippen LogP contribution in [0.3, 0.4) is 0 Å². The number of aliphatic hydroxyl groups is 1. The first kappa shape index (κ1) is 14.5. The van der Waals surface area contributed by atoms with E-state index in [1.54, 1.807) is 6.20 Å². The molecule has 1 heterocycles. The first-order valence-electron chi connectivity index (χ1n) is 7.40. The van der Waals surface area contributed by atoms with Crippen LogP contribution >= 0.6 is 0 Å². The Bertz CT molecular complexity index is 380. The molecule has 0 amide bonds. The molecule has 0 aliphatic heterocycles. The maximum Gasteiger partial charge on any atom is 0.0951 e. The van der Waals surface area contributed by atoms with Crippen LogP contribution in [0, 0.1) is 5.92 Å². The number of rotatable bonds is 3. The first-order chi connectivity index (χ1) is 9.13. The van der Waals surface area contributed by atoms with E-state index in [4.69, 9.17) is 0 Å². The molecule has 1 saturated carbocycles. The summed E-state index contributed by atoms with van der Waals surface area (Å²) in [6.45, 7) is 0.936. The van der Waals surface area contributed by atoms with Gasteiger partial charge in [-0.1, -0.05) is 31.7 Å². The summed E-state index contributed by atoms with van der Waals surface area (Å²) in [7, 11) is 4.17. The lowest BCUT2D eigenvalue weighted by atomic mass is 9.74. The van der Waals surface area contributed by atoms with E-state index in [2.05, 4.69) is 24.0 Å². The molecule has 19 heavy (non-hydrogen) atoms. The van der Waals surface area contributed by atoms with Crippen molar-refractivity contribution in [2.45, 2.75) is 44.1 Å². The van der Waals surface area contributed by atoms with Crippen LogP contribution in [-0.2, 0) is 5.60 Å². The molecule has 0 saturated heterocycles.